The molecule has 0 radical (unpaired) electrons. The quantitative estimate of drug-likeness (QED) is 0.715. The molecule has 18 heavy (non-hydrogen) atoms. The van der Waals surface area contributed by atoms with Crippen LogP contribution in [0.15, 0.2) is 0 Å². The molecular formula is C13H25NO4. The summed E-state index contributed by atoms with van der Waals surface area (Å²) >= 11 is 0. The molecule has 0 aromatic heterocycles. The zero-order valence-corrected chi connectivity index (χ0v) is 12.1. The van der Waals surface area contributed by atoms with E-state index < -0.39 is 0 Å². The van der Waals surface area contributed by atoms with Crippen molar-refractivity contribution in [2.45, 2.75) is 46.6 Å². The molecule has 0 aromatic carbocycles. The van der Waals surface area contributed by atoms with Gasteiger partial charge in [-0.1, -0.05) is 6.92 Å². The molecule has 1 fully saturated rings. The highest BCUT2D eigenvalue weighted by Gasteiger charge is 2.27. The molecule has 0 aliphatic carbocycles. The van der Waals surface area contributed by atoms with E-state index in [4.69, 9.17) is 4.74 Å². The molecule has 5 heteroatoms. The smallest absolute Gasteiger partial charge is 0.410 e. The van der Waals surface area contributed by atoms with Crippen molar-refractivity contribution in [3.8, 4) is 0 Å². The number of carbonyl (C=O) groups is 2. The van der Waals surface area contributed by atoms with Gasteiger partial charge in [-0.25, -0.2) is 4.79 Å². The Morgan fingerprint density at radius 2 is 2.06 bits per heavy atom. The van der Waals surface area contributed by atoms with Crippen molar-refractivity contribution in [1.82, 2.24) is 4.90 Å². The Balaban J connectivity index is 0.000000494. The second-order valence-electron chi connectivity index (χ2n) is 5.37. The van der Waals surface area contributed by atoms with Crippen LogP contribution >= 0.6 is 0 Å². The van der Waals surface area contributed by atoms with Crippen LogP contribution in [0.2, 0.25) is 0 Å². The van der Waals surface area contributed by atoms with Crippen LogP contribution in [0.3, 0.4) is 0 Å². The number of nitrogens with zero attached hydrogens (tertiary/aromatic N) is 1. The number of carbonyl (C=O) groups excluding carboxylic acids is 2. The maximum Gasteiger partial charge on any atom is 0.410 e. The molecule has 1 aliphatic rings. The lowest BCUT2D eigenvalue weighted by Gasteiger charge is -2.24. The van der Waals surface area contributed by atoms with Crippen LogP contribution in [0, 0.1) is 5.92 Å². The van der Waals surface area contributed by atoms with Gasteiger partial charge in [-0.2, -0.15) is 0 Å². The first kappa shape index (κ1) is 16.7. The second-order valence-corrected chi connectivity index (χ2v) is 5.37. The van der Waals surface area contributed by atoms with Crippen molar-refractivity contribution in [2.75, 3.05) is 19.7 Å². The number of hydrogen-bond acceptors (Lipinski definition) is 4. The van der Waals surface area contributed by atoms with Gasteiger partial charge in [0.25, 0.3) is 6.47 Å². The third kappa shape index (κ3) is 7.92. The molecule has 0 saturated carbocycles. The van der Waals surface area contributed by atoms with Crippen molar-refractivity contribution in [2.24, 2.45) is 5.92 Å². The fraction of sp³-hybridized carbons (Fsp3) is 0.846. The molecule has 1 heterocycles. The first-order chi connectivity index (χ1) is 8.30. The summed E-state index contributed by atoms with van der Waals surface area (Å²) in [5.74, 6) is 0.618. The van der Waals surface area contributed by atoms with Gasteiger partial charge in [0.05, 0.1) is 6.61 Å². The van der Waals surface area contributed by atoms with Crippen molar-refractivity contribution >= 4 is 12.6 Å². The van der Waals surface area contributed by atoms with Gasteiger partial charge in [-0.05, 0) is 40.0 Å². The molecule has 5 nitrogen and oxygen atoms in total. The monoisotopic (exact) mass is 259 g/mol. The van der Waals surface area contributed by atoms with Gasteiger partial charge in [0.1, 0.15) is 5.60 Å². The van der Waals surface area contributed by atoms with Crippen molar-refractivity contribution in [1.29, 1.82) is 0 Å². The van der Waals surface area contributed by atoms with Crippen LogP contribution in [0.25, 0.3) is 0 Å². The minimum absolute atomic E-state index is 0.170. The zero-order chi connectivity index (χ0) is 14.2. The van der Waals surface area contributed by atoms with E-state index in [9.17, 15) is 9.59 Å². The Kier molecular flexibility index (Phi) is 7.39. The number of likely N-dealkylation sites (tertiary alicyclic amines) is 1. The average Bonchev–Trinajstić information content (AvgIpc) is 2.64. The topological polar surface area (TPSA) is 55.8 Å². The van der Waals surface area contributed by atoms with Crippen LogP contribution < -0.4 is 0 Å². The summed E-state index contributed by atoms with van der Waals surface area (Å²) in [4.78, 5) is 22.5. The van der Waals surface area contributed by atoms with E-state index in [-0.39, 0.29) is 11.7 Å². The lowest BCUT2D eigenvalue weighted by molar-refractivity contribution is -0.128. The molecule has 1 rings (SSSR count). The Morgan fingerprint density at radius 3 is 2.33 bits per heavy atom. The normalized spacial score (nSPS) is 18.7. The number of rotatable bonds is 2. The van der Waals surface area contributed by atoms with Crippen LogP contribution in [0.1, 0.15) is 41.0 Å². The molecule has 0 bridgehead atoms. The number of hydrogen-bond donors (Lipinski definition) is 0. The fourth-order valence-corrected chi connectivity index (χ4v) is 1.50. The Bertz CT molecular complexity index is 260. The van der Waals surface area contributed by atoms with E-state index in [1.807, 2.05) is 20.8 Å². The summed E-state index contributed by atoms with van der Waals surface area (Å²) in [6, 6.07) is 0. The molecule has 106 valence electrons. The van der Waals surface area contributed by atoms with Gasteiger partial charge in [-0.3, -0.25) is 4.79 Å². The van der Waals surface area contributed by atoms with E-state index in [2.05, 4.69) is 11.7 Å². The largest absolute Gasteiger partial charge is 0.468 e. The van der Waals surface area contributed by atoms with Crippen LogP contribution in [-0.4, -0.2) is 42.8 Å². The molecule has 0 aromatic rings. The minimum atomic E-state index is -0.372. The average molecular weight is 259 g/mol. The highest BCUT2D eigenvalue weighted by molar-refractivity contribution is 5.68. The van der Waals surface area contributed by atoms with E-state index >= 15 is 0 Å². The van der Waals surface area contributed by atoms with Gasteiger partial charge in [-0.15, -0.1) is 0 Å². The van der Waals surface area contributed by atoms with E-state index in [1.165, 1.54) is 0 Å². The van der Waals surface area contributed by atoms with Gasteiger partial charge < -0.3 is 14.4 Å². The van der Waals surface area contributed by atoms with E-state index in [0.29, 0.717) is 19.0 Å². The van der Waals surface area contributed by atoms with Crippen molar-refractivity contribution in [3.63, 3.8) is 0 Å². The second kappa shape index (κ2) is 7.95. The number of amides is 1. The first-order valence-electron chi connectivity index (χ1n) is 6.33. The van der Waals surface area contributed by atoms with E-state index in [0.717, 1.165) is 19.5 Å². The lowest BCUT2D eigenvalue weighted by Crippen LogP contribution is -2.35. The molecule has 0 N–H and O–H groups in total. The van der Waals surface area contributed by atoms with Gasteiger partial charge >= 0.3 is 6.09 Å². The highest BCUT2D eigenvalue weighted by Crippen LogP contribution is 2.18. The Labute approximate surface area is 109 Å². The maximum absolute atomic E-state index is 11.5. The molecular weight excluding hydrogens is 234 g/mol. The predicted octanol–water partition coefficient (Wildman–Crippen LogP) is 2.44. The molecule has 1 unspecified atom stereocenters. The van der Waals surface area contributed by atoms with Crippen molar-refractivity contribution < 1.29 is 19.1 Å². The Hall–Kier alpha value is -1.26. The number of ether oxygens (including phenoxy) is 2. The first-order valence-corrected chi connectivity index (χ1v) is 6.33. The van der Waals surface area contributed by atoms with Gasteiger partial charge in [0, 0.05) is 13.1 Å². The summed E-state index contributed by atoms with van der Waals surface area (Å²) in [6.07, 6.45) is 0.927. The molecule has 1 aliphatic heterocycles. The predicted molar refractivity (Wildman–Crippen MR) is 69.3 cm³/mol. The Morgan fingerprint density at radius 1 is 1.44 bits per heavy atom. The minimum Gasteiger partial charge on any atom is -0.468 e. The van der Waals surface area contributed by atoms with Crippen LogP contribution in [-0.2, 0) is 14.3 Å². The molecule has 1 amide bonds. The van der Waals surface area contributed by atoms with Crippen LogP contribution in [0.5, 0.6) is 0 Å². The molecule has 1 saturated heterocycles. The third-order valence-electron chi connectivity index (χ3n) is 2.31. The lowest BCUT2D eigenvalue weighted by atomic mass is 10.2. The maximum atomic E-state index is 11.5. The SMILES string of the molecule is CC1CCN(C(=O)OC(C)(C)C)C1.CCOC=O. The molecule has 0 spiro atoms. The van der Waals surface area contributed by atoms with E-state index in [1.54, 1.807) is 11.8 Å². The summed E-state index contributed by atoms with van der Waals surface area (Å²) in [5.41, 5.74) is -0.372. The van der Waals surface area contributed by atoms with Gasteiger partial charge in [0.15, 0.2) is 0 Å². The van der Waals surface area contributed by atoms with Crippen LogP contribution in [0.4, 0.5) is 4.79 Å². The fourth-order valence-electron chi connectivity index (χ4n) is 1.50. The summed E-state index contributed by atoms with van der Waals surface area (Å²) in [5, 5.41) is 0. The third-order valence-corrected chi connectivity index (χ3v) is 2.31. The van der Waals surface area contributed by atoms with Gasteiger partial charge in [0.2, 0.25) is 0 Å². The standard InChI is InChI=1S/C10H19NO2.C3H6O2/c1-8-5-6-11(7-8)9(12)13-10(2,3)4;1-2-5-3-4/h8H,5-7H2,1-4H3;3H,2H2,1H3. The summed E-state index contributed by atoms with van der Waals surface area (Å²) in [6.45, 7) is 12.2. The zero-order valence-electron chi connectivity index (χ0n) is 12.1. The molecule has 1 atom stereocenters. The highest BCUT2D eigenvalue weighted by atomic mass is 16.6. The van der Waals surface area contributed by atoms with Crippen molar-refractivity contribution in [3.05, 3.63) is 0 Å². The summed E-state index contributed by atoms with van der Waals surface area (Å²) in [7, 11) is 0. The summed E-state index contributed by atoms with van der Waals surface area (Å²) < 4.78 is 9.41.